The molecule has 0 unspecified atom stereocenters. The van der Waals surface area contributed by atoms with Crippen LogP contribution in [-0.2, 0) is 19.5 Å². The van der Waals surface area contributed by atoms with Crippen LogP contribution < -0.4 is 0 Å². The first-order chi connectivity index (χ1) is 0. The van der Waals surface area contributed by atoms with E-state index >= 15 is 0 Å². The largest absolute Gasteiger partial charge is 0 e. The molecule has 0 aliphatic rings. The molecule has 0 aromatic heterocycles. The van der Waals surface area contributed by atoms with Crippen molar-refractivity contribution < 1.29 is 19.5 Å². The summed E-state index contributed by atoms with van der Waals surface area (Å²) in [6.07, 6.45) is 0. The molecule has 0 aromatic rings. The minimum absolute atomic E-state index is 0. The van der Waals surface area contributed by atoms with Gasteiger partial charge >= 0.3 is 63.2 Å². The average Bonchev–Trinajstić information content (AvgIpc) is 0. The molecule has 0 aliphatic heterocycles. The maximum Gasteiger partial charge on any atom is 0 e. The summed E-state index contributed by atoms with van der Waals surface area (Å²) in [4.78, 5) is 0. The van der Waals surface area contributed by atoms with Crippen molar-refractivity contribution in [2.24, 2.45) is 0 Å². The Bertz CT molecular complexity index is 8.00. The Morgan fingerprint density at radius 1 is 1.00 bits per heavy atom. The summed E-state index contributed by atoms with van der Waals surface area (Å²) in [7, 11) is 0. The molecular formula is H10GaGeInZn. The van der Waals surface area contributed by atoms with E-state index in [9.17, 15) is 0 Å². The molecule has 0 N–H and O–H groups in total. The Labute approximate surface area is 81.4 Å². The zero-order chi connectivity index (χ0) is 0. The van der Waals surface area contributed by atoms with Crippen LogP contribution in [0.4, 0.5) is 0 Å². The quantitative estimate of drug-likeness (QED) is 0.399. The summed E-state index contributed by atoms with van der Waals surface area (Å²) >= 11 is 0. The fraction of sp³-hybridized carbons (Fsp3) is 0. The molecule has 0 atom stereocenters. The first kappa shape index (κ1) is 30.1. The van der Waals surface area contributed by atoms with Gasteiger partial charge < -0.3 is 0 Å². The molecule has 0 heterocycles. The van der Waals surface area contributed by atoms with Crippen molar-refractivity contribution in [2.45, 2.75) is 0 Å². The molecule has 22 valence electrons. The van der Waals surface area contributed by atoms with Crippen LogP contribution in [0, 0.1) is 0 Å². The second kappa shape index (κ2) is 17.3. The first-order valence-electron chi connectivity index (χ1n) is 0. The Morgan fingerprint density at radius 2 is 1.00 bits per heavy atom. The summed E-state index contributed by atoms with van der Waals surface area (Å²) in [6, 6.07) is 0. The van der Waals surface area contributed by atoms with Gasteiger partial charge in [0.05, 0.1) is 0 Å². The third-order valence-electron chi connectivity index (χ3n) is 0. The van der Waals surface area contributed by atoms with E-state index in [0.29, 0.717) is 0 Å². The maximum absolute atomic E-state index is 0. The smallest absolute Gasteiger partial charge is 0 e. The fourth-order valence-electron chi connectivity index (χ4n) is 0. The van der Waals surface area contributed by atoms with Gasteiger partial charge in [0, 0.05) is 19.5 Å². The third kappa shape index (κ3) is 8.82. The van der Waals surface area contributed by atoms with Crippen LogP contribution in [0.1, 0.15) is 0 Å². The Kier molecular flexibility index (Phi) is 130. The Morgan fingerprint density at radius 3 is 1.00 bits per heavy atom. The van der Waals surface area contributed by atoms with Crippen LogP contribution in [0.15, 0.2) is 0 Å². The van der Waals surface area contributed by atoms with E-state index in [4.69, 9.17) is 0 Å². The molecule has 0 spiro atoms. The van der Waals surface area contributed by atoms with Crippen molar-refractivity contribution in [3.05, 3.63) is 0 Å². The van der Waals surface area contributed by atoms with Gasteiger partial charge in [0.2, 0.25) is 0 Å². The zero-order valence-electron chi connectivity index (χ0n) is 0.707. The molecule has 0 radical (unpaired) electrons. The standard InChI is InChI=1S/Ga.GeH4.In.Zn.6H/h;1H4;;;;;;;;. The first-order valence-corrected chi connectivity index (χ1v) is 0. The molecule has 0 nitrogen and oxygen atoms in total. The van der Waals surface area contributed by atoms with Gasteiger partial charge in [0.15, 0.2) is 0 Å². The molecule has 0 aromatic carbocycles. The van der Waals surface area contributed by atoms with E-state index in [-0.39, 0.29) is 82.7 Å². The molecule has 4 heavy (non-hydrogen) atoms. The summed E-state index contributed by atoms with van der Waals surface area (Å²) < 4.78 is 0. The second-order valence-electron chi connectivity index (χ2n) is 0. The summed E-state index contributed by atoms with van der Waals surface area (Å²) in [5.74, 6) is 0. The van der Waals surface area contributed by atoms with E-state index in [0.717, 1.165) is 0 Å². The van der Waals surface area contributed by atoms with Crippen molar-refractivity contribution in [3.63, 3.8) is 0 Å². The molecule has 0 rings (SSSR count). The number of hydrogen-bond acceptors (Lipinski definition) is 0. The Balaban J connectivity index is 0. The molecule has 0 amide bonds. The van der Waals surface area contributed by atoms with Gasteiger partial charge in [0.1, 0.15) is 0 Å². The van der Waals surface area contributed by atoms with Crippen LogP contribution in [0.3, 0.4) is 0 Å². The second-order valence-corrected chi connectivity index (χ2v) is 0. The molecule has 0 aliphatic carbocycles. The van der Waals surface area contributed by atoms with Gasteiger partial charge in [-0.05, 0) is 0 Å². The topological polar surface area (TPSA) is 0 Å². The SMILES string of the molecule is [GaH3].[GeH4].[InH3].[Zn]. The van der Waals surface area contributed by atoms with Crippen molar-refractivity contribution in [2.75, 3.05) is 0 Å². The molecule has 0 saturated carbocycles. The Hall–Kier alpha value is 2.67. The van der Waals surface area contributed by atoms with E-state index in [2.05, 4.69) is 0 Å². The van der Waals surface area contributed by atoms with Crippen LogP contribution in [0.2, 0.25) is 0 Å². The molecule has 0 bridgehead atoms. The van der Waals surface area contributed by atoms with Gasteiger partial charge in [-0.15, -0.1) is 0 Å². The van der Waals surface area contributed by atoms with Gasteiger partial charge in [-0.2, -0.15) is 0 Å². The van der Waals surface area contributed by atoms with Crippen molar-refractivity contribution in [3.8, 4) is 0 Å². The van der Waals surface area contributed by atoms with Crippen LogP contribution in [0.5, 0.6) is 0 Å². The minimum atomic E-state index is 0. The molecule has 0 fully saturated rings. The van der Waals surface area contributed by atoms with E-state index in [1.165, 1.54) is 0 Å². The molecule has 0 saturated heterocycles. The summed E-state index contributed by atoms with van der Waals surface area (Å²) in [5.41, 5.74) is 0. The van der Waals surface area contributed by atoms with Crippen LogP contribution in [0.25, 0.3) is 0 Å². The van der Waals surface area contributed by atoms with Crippen LogP contribution in [-0.4, -0.2) is 63.2 Å². The normalized spacial score (nSPS) is 0. The maximum atomic E-state index is 0. The fourth-order valence-corrected chi connectivity index (χ4v) is 0. The van der Waals surface area contributed by atoms with E-state index < -0.39 is 0 Å². The zero-order valence-corrected chi connectivity index (χ0v) is 3.67. The molecular weight excluding hydrogens is 323 g/mol. The predicted octanol–water partition coefficient (Wildman–Crippen LogP) is -3.82. The average molecular weight is 333 g/mol. The number of hydrogen-bond donors (Lipinski definition) is 0. The van der Waals surface area contributed by atoms with Gasteiger partial charge in [-0.1, -0.05) is 0 Å². The van der Waals surface area contributed by atoms with E-state index in [1.54, 1.807) is 0 Å². The third-order valence-corrected chi connectivity index (χ3v) is 0. The predicted molar refractivity (Wildman–Crippen MR) is 31.2 cm³/mol. The van der Waals surface area contributed by atoms with Crippen molar-refractivity contribution in [1.29, 1.82) is 0 Å². The van der Waals surface area contributed by atoms with E-state index in [1.807, 2.05) is 0 Å². The summed E-state index contributed by atoms with van der Waals surface area (Å²) in [5, 5.41) is 0. The monoisotopic (exact) mass is 332 g/mol. The van der Waals surface area contributed by atoms with Crippen LogP contribution >= 0.6 is 0 Å². The van der Waals surface area contributed by atoms with Gasteiger partial charge in [0.25, 0.3) is 0 Å². The number of rotatable bonds is 0. The van der Waals surface area contributed by atoms with Gasteiger partial charge in [-0.25, -0.2) is 0 Å². The minimum Gasteiger partial charge on any atom is 0 e. The van der Waals surface area contributed by atoms with Gasteiger partial charge in [-0.3, -0.25) is 0 Å². The van der Waals surface area contributed by atoms with Crippen molar-refractivity contribution in [1.82, 2.24) is 0 Å². The van der Waals surface area contributed by atoms with Crippen molar-refractivity contribution >= 4 is 63.2 Å². The molecule has 4 heteroatoms. The summed E-state index contributed by atoms with van der Waals surface area (Å²) in [6.45, 7) is 0.